The molecule has 0 aromatic heterocycles. The molecule has 1 N–H and O–H groups in total. The number of rotatable bonds is 8. The average Bonchev–Trinajstić information content (AvgIpc) is 3.33. The summed E-state index contributed by atoms with van der Waals surface area (Å²) in [6.45, 7) is 6.53. The van der Waals surface area contributed by atoms with Crippen molar-refractivity contribution in [2.24, 2.45) is 23.2 Å². The Morgan fingerprint density at radius 3 is 2.38 bits per heavy atom. The van der Waals surface area contributed by atoms with Gasteiger partial charge >= 0.3 is 6.36 Å². The third-order valence-electron chi connectivity index (χ3n) is 8.42. The molecule has 2 amide bonds. The van der Waals surface area contributed by atoms with E-state index in [4.69, 9.17) is 11.6 Å². The number of nitrogens with zero attached hydrogens (tertiary/aromatic N) is 2. The molecule has 1 aromatic carbocycles. The van der Waals surface area contributed by atoms with Gasteiger partial charge in [-0.3, -0.25) is 14.5 Å². The van der Waals surface area contributed by atoms with Crippen molar-refractivity contribution in [3.8, 4) is 5.75 Å². The lowest BCUT2D eigenvalue weighted by molar-refractivity contribution is -0.275. The number of carbonyl (C=O) groups is 2. The van der Waals surface area contributed by atoms with Gasteiger partial charge in [-0.05, 0) is 67.1 Å². The minimum atomic E-state index is -4.79. The summed E-state index contributed by atoms with van der Waals surface area (Å²) in [7, 11) is 0. The molecule has 2 saturated carbocycles. The van der Waals surface area contributed by atoms with Gasteiger partial charge in [-0.25, -0.2) is 0 Å². The quantitative estimate of drug-likeness (QED) is 0.487. The summed E-state index contributed by atoms with van der Waals surface area (Å²) >= 11 is 5.99. The number of amides is 2. The van der Waals surface area contributed by atoms with Crippen molar-refractivity contribution in [2.45, 2.75) is 65.3 Å². The van der Waals surface area contributed by atoms with Crippen LogP contribution in [0.2, 0.25) is 5.02 Å². The number of nitrogens with one attached hydrogen (secondary N) is 1. The fraction of sp³-hybridized carbons (Fsp3) is 0.704. The summed E-state index contributed by atoms with van der Waals surface area (Å²) in [6.07, 6.45) is 1.69. The van der Waals surface area contributed by atoms with Gasteiger partial charge < -0.3 is 15.0 Å². The zero-order valence-electron chi connectivity index (χ0n) is 21.6. The first kappa shape index (κ1) is 28.0. The second kappa shape index (κ2) is 11.4. The second-order valence-corrected chi connectivity index (χ2v) is 11.8. The average molecular weight is 544 g/mol. The van der Waals surface area contributed by atoms with E-state index < -0.39 is 6.36 Å². The van der Waals surface area contributed by atoms with Crippen LogP contribution >= 0.6 is 11.6 Å². The number of halogens is 4. The maximum atomic E-state index is 12.7. The van der Waals surface area contributed by atoms with Crippen molar-refractivity contribution < 1.29 is 27.5 Å². The Labute approximate surface area is 221 Å². The highest BCUT2D eigenvalue weighted by molar-refractivity contribution is 6.30. The molecule has 2 atom stereocenters. The number of carbonyl (C=O) groups excluding carboxylic acids is 2. The maximum absolute atomic E-state index is 12.7. The van der Waals surface area contributed by atoms with Crippen molar-refractivity contribution in [1.82, 2.24) is 15.1 Å². The molecule has 0 radical (unpaired) electrons. The lowest BCUT2D eigenvalue weighted by atomic mass is 9.81. The van der Waals surface area contributed by atoms with Gasteiger partial charge in [-0.15, -0.1) is 13.2 Å². The van der Waals surface area contributed by atoms with Crippen molar-refractivity contribution >= 4 is 23.4 Å². The minimum absolute atomic E-state index is 0.0157. The molecule has 2 unspecified atom stereocenters. The largest absolute Gasteiger partial charge is 0.573 e. The Kier molecular flexibility index (Phi) is 8.63. The molecule has 1 heterocycles. The van der Waals surface area contributed by atoms with Gasteiger partial charge in [0.1, 0.15) is 5.75 Å². The first-order chi connectivity index (χ1) is 17.4. The lowest BCUT2D eigenvalue weighted by Crippen LogP contribution is -2.51. The smallest absolute Gasteiger partial charge is 0.405 e. The fourth-order valence-corrected chi connectivity index (χ4v) is 6.89. The number of ether oxygens (including phenoxy) is 1. The van der Waals surface area contributed by atoms with E-state index in [9.17, 15) is 22.8 Å². The van der Waals surface area contributed by atoms with Crippen LogP contribution in [0, 0.1) is 23.2 Å². The van der Waals surface area contributed by atoms with Crippen LogP contribution in [0.5, 0.6) is 5.75 Å². The summed E-state index contributed by atoms with van der Waals surface area (Å²) in [6, 6.07) is 4.04. The number of hydrogen-bond acceptors (Lipinski definition) is 4. The molecular weight excluding hydrogens is 507 g/mol. The van der Waals surface area contributed by atoms with Gasteiger partial charge in [0.05, 0.1) is 6.54 Å². The van der Waals surface area contributed by atoms with Gasteiger partial charge in [-0.2, -0.15) is 0 Å². The molecule has 0 bridgehead atoms. The number of fused-ring (bicyclic) bond motifs is 1. The summed E-state index contributed by atoms with van der Waals surface area (Å²) in [4.78, 5) is 29.0. The molecule has 10 heteroatoms. The van der Waals surface area contributed by atoms with Crippen molar-refractivity contribution in [1.29, 1.82) is 0 Å². The van der Waals surface area contributed by atoms with Gasteiger partial charge in [0.2, 0.25) is 11.8 Å². The highest BCUT2D eigenvalue weighted by atomic mass is 35.5. The Bertz CT molecular complexity index is 967. The van der Waals surface area contributed by atoms with E-state index in [0.717, 1.165) is 30.6 Å². The molecule has 3 fully saturated rings. The molecule has 6 nitrogen and oxygen atoms in total. The standard InChI is InChI=1S/C27H37ClF3N3O3/c1-3-18-10-19-13-26(2,14-20(19)11-18)15-24(35)32-16-25(36)34-8-6-33(7-9-34)17-21-12-22(28)4-5-23(21)37-27(29,30)31/h4-5,12,18-20H,3,6-11,13-17H2,1-2H3,(H,32,35). The Morgan fingerprint density at radius 2 is 1.78 bits per heavy atom. The Balaban J connectivity index is 1.20. The van der Waals surface area contributed by atoms with E-state index in [1.54, 1.807) is 4.90 Å². The number of hydrogen-bond donors (Lipinski definition) is 1. The number of alkyl halides is 3. The van der Waals surface area contributed by atoms with Crippen molar-refractivity contribution in [2.75, 3.05) is 32.7 Å². The molecule has 1 aromatic rings. The Hall–Kier alpha value is -2.00. The van der Waals surface area contributed by atoms with E-state index >= 15 is 0 Å². The van der Waals surface area contributed by atoms with Gasteiger partial charge in [0.25, 0.3) is 0 Å². The molecule has 0 spiro atoms. The normalized spacial score (nSPS) is 28.3. The van der Waals surface area contributed by atoms with Crippen LogP contribution in [-0.2, 0) is 16.1 Å². The molecule has 206 valence electrons. The first-order valence-corrected chi connectivity index (χ1v) is 13.6. The predicted molar refractivity (Wildman–Crippen MR) is 135 cm³/mol. The highest BCUT2D eigenvalue weighted by Gasteiger charge is 2.47. The zero-order valence-corrected chi connectivity index (χ0v) is 22.3. The predicted octanol–water partition coefficient (Wildman–Crippen LogP) is 5.24. The number of benzene rings is 1. The molecule has 1 saturated heterocycles. The second-order valence-electron chi connectivity index (χ2n) is 11.4. The minimum Gasteiger partial charge on any atom is -0.405 e. The maximum Gasteiger partial charge on any atom is 0.573 e. The van der Waals surface area contributed by atoms with Gasteiger partial charge in [0, 0.05) is 49.7 Å². The van der Waals surface area contributed by atoms with E-state index in [-0.39, 0.29) is 36.1 Å². The third-order valence-corrected chi connectivity index (χ3v) is 8.65. The molecule has 2 aliphatic carbocycles. The molecule has 3 aliphatic rings. The molecule has 37 heavy (non-hydrogen) atoms. The van der Waals surface area contributed by atoms with E-state index in [2.05, 4.69) is 23.9 Å². The van der Waals surface area contributed by atoms with Crippen LogP contribution in [0.4, 0.5) is 13.2 Å². The van der Waals surface area contributed by atoms with Crippen LogP contribution in [0.25, 0.3) is 0 Å². The molecule has 4 rings (SSSR count). The highest BCUT2D eigenvalue weighted by Crippen LogP contribution is 2.56. The van der Waals surface area contributed by atoms with Crippen LogP contribution in [0.1, 0.15) is 57.9 Å². The summed E-state index contributed by atoms with van der Waals surface area (Å²) in [5, 5.41) is 3.15. The first-order valence-electron chi connectivity index (χ1n) is 13.2. The van der Waals surface area contributed by atoms with Crippen LogP contribution in [-0.4, -0.2) is 60.7 Å². The monoisotopic (exact) mass is 543 g/mol. The Morgan fingerprint density at radius 1 is 1.14 bits per heavy atom. The summed E-state index contributed by atoms with van der Waals surface area (Å²) in [5.41, 5.74) is 0.355. The van der Waals surface area contributed by atoms with Gasteiger partial charge in [0.15, 0.2) is 0 Å². The van der Waals surface area contributed by atoms with E-state index in [1.807, 2.05) is 4.90 Å². The number of piperazine rings is 1. The zero-order chi connectivity index (χ0) is 26.8. The molecule has 1 aliphatic heterocycles. The third kappa shape index (κ3) is 7.53. The van der Waals surface area contributed by atoms with Crippen molar-refractivity contribution in [3.05, 3.63) is 28.8 Å². The van der Waals surface area contributed by atoms with Crippen LogP contribution < -0.4 is 10.1 Å². The van der Waals surface area contributed by atoms with E-state index in [0.29, 0.717) is 43.2 Å². The van der Waals surface area contributed by atoms with Gasteiger partial charge in [-0.1, -0.05) is 31.9 Å². The van der Waals surface area contributed by atoms with Crippen LogP contribution in [0.3, 0.4) is 0 Å². The SMILES string of the molecule is CCC1CC2CC(C)(CC(=O)NCC(=O)N3CCN(Cc4cc(Cl)ccc4OC(F)(F)F)CC3)CC2C1. The molecular formula is C27H37ClF3N3O3. The summed E-state index contributed by atoms with van der Waals surface area (Å²) in [5.74, 6) is 1.83. The topological polar surface area (TPSA) is 61.9 Å². The fourth-order valence-electron chi connectivity index (χ4n) is 6.69. The van der Waals surface area contributed by atoms with Crippen LogP contribution in [0.15, 0.2) is 18.2 Å². The van der Waals surface area contributed by atoms with E-state index in [1.165, 1.54) is 37.5 Å². The lowest BCUT2D eigenvalue weighted by Gasteiger charge is -2.35. The summed E-state index contributed by atoms with van der Waals surface area (Å²) < 4.78 is 42.4. The van der Waals surface area contributed by atoms with Crippen molar-refractivity contribution in [3.63, 3.8) is 0 Å².